The maximum absolute atomic E-state index is 12.3. The van der Waals surface area contributed by atoms with E-state index in [-0.39, 0.29) is 16.6 Å². The molecule has 0 bridgehead atoms. The lowest BCUT2D eigenvalue weighted by atomic mass is 9.78. The van der Waals surface area contributed by atoms with Crippen molar-refractivity contribution in [1.29, 1.82) is 0 Å². The van der Waals surface area contributed by atoms with Gasteiger partial charge in [0.2, 0.25) is 5.91 Å². The molecule has 0 radical (unpaired) electrons. The summed E-state index contributed by atoms with van der Waals surface area (Å²) in [5, 5.41) is 12.3. The first-order valence-electron chi connectivity index (χ1n) is 7.64. The molecule has 0 spiro atoms. The van der Waals surface area contributed by atoms with E-state index in [2.05, 4.69) is 11.6 Å². The molecule has 0 aromatic rings. The topological polar surface area (TPSA) is 66.4 Å². The van der Waals surface area contributed by atoms with Crippen molar-refractivity contribution in [3.8, 4) is 0 Å². The zero-order valence-electron chi connectivity index (χ0n) is 12.2. The van der Waals surface area contributed by atoms with Gasteiger partial charge in [0.25, 0.3) is 0 Å². The molecule has 20 heavy (non-hydrogen) atoms. The molecule has 0 saturated heterocycles. The normalized spacial score (nSPS) is 29.1. The molecule has 2 saturated carbocycles. The van der Waals surface area contributed by atoms with E-state index in [0.29, 0.717) is 13.0 Å². The Hall–Kier alpha value is -0.710. The van der Waals surface area contributed by atoms with E-state index in [1.165, 1.54) is 12.8 Å². The Morgan fingerprint density at radius 3 is 2.30 bits per heavy atom. The Balaban J connectivity index is 1.91. The molecule has 2 aliphatic carbocycles. The molecule has 0 unspecified atom stereocenters. The molecule has 2 rings (SSSR count). The summed E-state index contributed by atoms with van der Waals surface area (Å²) >= 11 is 1.84. The molecule has 0 aromatic carbocycles. The molecule has 0 aromatic heterocycles. The van der Waals surface area contributed by atoms with Crippen LogP contribution in [0.4, 0.5) is 0 Å². The summed E-state index contributed by atoms with van der Waals surface area (Å²) < 4.78 is 0.184. The van der Waals surface area contributed by atoms with Crippen molar-refractivity contribution >= 4 is 23.6 Å². The van der Waals surface area contributed by atoms with Crippen molar-refractivity contribution < 1.29 is 14.7 Å². The van der Waals surface area contributed by atoms with E-state index < -0.39 is 11.9 Å². The number of carbonyl (C=O) groups excluding carboxylic acids is 1. The Labute approximate surface area is 125 Å². The molecule has 0 aliphatic heterocycles. The second-order valence-electron chi connectivity index (χ2n) is 6.15. The van der Waals surface area contributed by atoms with E-state index in [4.69, 9.17) is 0 Å². The molecular weight excluding hydrogens is 274 g/mol. The number of carboxylic acids is 1. The van der Waals surface area contributed by atoms with Crippen molar-refractivity contribution in [2.24, 2.45) is 11.8 Å². The number of thioether (sulfide) groups is 1. The third-order valence-electron chi connectivity index (χ3n) is 4.95. The second-order valence-corrected chi connectivity index (χ2v) is 7.42. The third-order valence-corrected chi connectivity index (χ3v) is 6.37. The maximum Gasteiger partial charge on any atom is 0.307 e. The fourth-order valence-corrected chi connectivity index (χ4v) is 4.51. The predicted octanol–water partition coefficient (Wildman–Crippen LogP) is 2.67. The van der Waals surface area contributed by atoms with Gasteiger partial charge in [0.15, 0.2) is 0 Å². The lowest BCUT2D eigenvalue weighted by Gasteiger charge is -2.31. The lowest BCUT2D eigenvalue weighted by Crippen LogP contribution is -2.44. The summed E-state index contributed by atoms with van der Waals surface area (Å²) in [4.78, 5) is 23.6. The van der Waals surface area contributed by atoms with Crippen LogP contribution in [0.15, 0.2) is 0 Å². The number of rotatable bonds is 5. The highest BCUT2D eigenvalue weighted by molar-refractivity contribution is 8.00. The van der Waals surface area contributed by atoms with E-state index in [1.54, 1.807) is 0 Å². The number of nitrogens with one attached hydrogen (secondary N) is 1. The minimum absolute atomic E-state index is 0.0441. The summed E-state index contributed by atoms with van der Waals surface area (Å²) in [6.07, 6.45) is 10.1. The Kier molecular flexibility index (Phi) is 5.35. The zero-order valence-corrected chi connectivity index (χ0v) is 13.0. The smallest absolute Gasteiger partial charge is 0.307 e. The molecule has 2 atom stereocenters. The van der Waals surface area contributed by atoms with Crippen molar-refractivity contribution in [1.82, 2.24) is 5.32 Å². The minimum atomic E-state index is -0.815. The molecule has 4 nitrogen and oxygen atoms in total. The van der Waals surface area contributed by atoms with E-state index in [1.807, 2.05) is 11.8 Å². The molecule has 1 amide bonds. The van der Waals surface area contributed by atoms with Crippen LogP contribution in [0.1, 0.15) is 51.4 Å². The number of hydrogen-bond acceptors (Lipinski definition) is 3. The molecule has 2 aliphatic rings. The van der Waals surface area contributed by atoms with Gasteiger partial charge < -0.3 is 10.4 Å². The number of hydrogen-bond donors (Lipinski definition) is 2. The first-order chi connectivity index (χ1) is 9.58. The van der Waals surface area contributed by atoms with Crippen molar-refractivity contribution in [2.45, 2.75) is 56.1 Å². The van der Waals surface area contributed by atoms with Gasteiger partial charge in [-0.15, -0.1) is 0 Å². The number of amides is 1. The SMILES string of the molecule is CSC1(CNC(=O)[C@@H]2CCCC[C@@H]2C(=O)O)CCCC1. The molecule has 5 heteroatoms. The fourth-order valence-electron chi connectivity index (χ4n) is 3.59. The van der Waals surface area contributed by atoms with Gasteiger partial charge in [-0.3, -0.25) is 9.59 Å². The van der Waals surface area contributed by atoms with Gasteiger partial charge >= 0.3 is 5.97 Å². The zero-order chi connectivity index (χ0) is 14.6. The molecular formula is C15H25NO3S. The quantitative estimate of drug-likeness (QED) is 0.819. The van der Waals surface area contributed by atoms with Crippen molar-refractivity contribution in [2.75, 3.05) is 12.8 Å². The highest BCUT2D eigenvalue weighted by atomic mass is 32.2. The lowest BCUT2D eigenvalue weighted by molar-refractivity contribution is -0.148. The van der Waals surface area contributed by atoms with Gasteiger partial charge in [-0.25, -0.2) is 0 Å². The largest absolute Gasteiger partial charge is 0.481 e. The Bertz CT molecular complexity index is 366. The predicted molar refractivity (Wildman–Crippen MR) is 80.8 cm³/mol. The van der Waals surface area contributed by atoms with Crippen molar-refractivity contribution in [3.05, 3.63) is 0 Å². The maximum atomic E-state index is 12.3. The number of carbonyl (C=O) groups is 2. The van der Waals surface area contributed by atoms with Crippen LogP contribution in [-0.2, 0) is 9.59 Å². The van der Waals surface area contributed by atoms with Crippen LogP contribution in [0.25, 0.3) is 0 Å². The van der Waals surface area contributed by atoms with Crippen LogP contribution < -0.4 is 5.32 Å². The van der Waals surface area contributed by atoms with E-state index in [0.717, 1.165) is 32.1 Å². The molecule has 2 fully saturated rings. The molecule has 0 heterocycles. The molecule has 2 N–H and O–H groups in total. The van der Waals surface area contributed by atoms with Gasteiger partial charge in [0, 0.05) is 11.3 Å². The van der Waals surface area contributed by atoms with Crippen LogP contribution in [-0.4, -0.2) is 34.5 Å². The highest BCUT2D eigenvalue weighted by Gasteiger charge is 2.38. The third kappa shape index (κ3) is 3.48. The number of carboxylic acid groups (broad SMARTS) is 1. The van der Waals surface area contributed by atoms with Crippen LogP contribution in [0, 0.1) is 11.8 Å². The van der Waals surface area contributed by atoms with Gasteiger partial charge in [-0.2, -0.15) is 11.8 Å². The van der Waals surface area contributed by atoms with E-state index >= 15 is 0 Å². The average molecular weight is 299 g/mol. The van der Waals surface area contributed by atoms with Gasteiger partial charge in [-0.1, -0.05) is 25.7 Å². The van der Waals surface area contributed by atoms with E-state index in [9.17, 15) is 14.7 Å². The van der Waals surface area contributed by atoms with Gasteiger partial charge in [-0.05, 0) is 31.9 Å². The van der Waals surface area contributed by atoms with Crippen LogP contribution >= 0.6 is 11.8 Å². The summed E-state index contributed by atoms with van der Waals surface area (Å²) in [6, 6.07) is 0. The van der Waals surface area contributed by atoms with Crippen LogP contribution in [0.2, 0.25) is 0 Å². The first-order valence-corrected chi connectivity index (χ1v) is 8.86. The van der Waals surface area contributed by atoms with Crippen LogP contribution in [0.5, 0.6) is 0 Å². The number of aliphatic carboxylic acids is 1. The summed E-state index contributed by atoms with van der Waals surface area (Å²) in [5.74, 6) is -1.68. The first kappa shape index (κ1) is 15.7. The monoisotopic (exact) mass is 299 g/mol. The van der Waals surface area contributed by atoms with Crippen molar-refractivity contribution in [3.63, 3.8) is 0 Å². The van der Waals surface area contributed by atoms with Gasteiger partial charge in [0.05, 0.1) is 11.8 Å². The summed E-state index contributed by atoms with van der Waals surface area (Å²) in [5.41, 5.74) is 0. The average Bonchev–Trinajstić information content (AvgIpc) is 2.94. The Morgan fingerprint density at radius 1 is 1.15 bits per heavy atom. The van der Waals surface area contributed by atoms with Crippen LogP contribution in [0.3, 0.4) is 0 Å². The highest BCUT2D eigenvalue weighted by Crippen LogP contribution is 2.40. The fraction of sp³-hybridized carbons (Fsp3) is 0.867. The second kappa shape index (κ2) is 6.83. The summed E-state index contributed by atoms with van der Waals surface area (Å²) in [6.45, 7) is 0.690. The van der Waals surface area contributed by atoms with Gasteiger partial charge in [0.1, 0.15) is 0 Å². The Morgan fingerprint density at radius 2 is 1.75 bits per heavy atom. The summed E-state index contributed by atoms with van der Waals surface area (Å²) in [7, 11) is 0. The standard InChI is InChI=1S/C15H25NO3S/c1-20-15(8-4-5-9-15)10-16-13(17)11-6-2-3-7-12(11)14(18)19/h11-12H,2-10H2,1H3,(H,16,17)(H,18,19)/t11-,12+/m1/s1. The minimum Gasteiger partial charge on any atom is -0.481 e. The molecule has 114 valence electrons.